The summed E-state index contributed by atoms with van der Waals surface area (Å²) >= 11 is 0. The highest BCUT2D eigenvalue weighted by molar-refractivity contribution is 5.94. The van der Waals surface area contributed by atoms with Crippen LogP contribution < -0.4 is 20.4 Å². The van der Waals surface area contributed by atoms with Crippen LogP contribution in [0.3, 0.4) is 0 Å². The molecule has 2 amide bonds. The van der Waals surface area contributed by atoms with Crippen LogP contribution >= 0.6 is 0 Å². The molecule has 5 nitrogen and oxygen atoms in total. The molecule has 3 rings (SSSR count). The number of carbonyl (C=O) groups excluding carboxylic acids is 1. The molecule has 2 aliphatic rings. The van der Waals surface area contributed by atoms with Gasteiger partial charge in [-0.05, 0) is 56.7 Å². The van der Waals surface area contributed by atoms with E-state index in [1.165, 1.54) is 31.4 Å². The molecule has 0 aliphatic carbocycles. The second-order valence-corrected chi connectivity index (χ2v) is 8.20. The van der Waals surface area contributed by atoms with E-state index in [-0.39, 0.29) is 6.03 Å². The molecule has 1 aromatic carbocycles. The highest BCUT2D eigenvalue weighted by Gasteiger charge is 2.24. The zero-order valence-electron chi connectivity index (χ0n) is 16.5. The highest BCUT2D eigenvalue weighted by atomic mass is 16.2. The molecule has 0 radical (unpaired) electrons. The molecule has 2 N–H and O–H groups in total. The molecule has 2 heterocycles. The van der Waals surface area contributed by atoms with Gasteiger partial charge in [-0.15, -0.1) is 0 Å². The van der Waals surface area contributed by atoms with Gasteiger partial charge in [-0.2, -0.15) is 0 Å². The summed E-state index contributed by atoms with van der Waals surface area (Å²) in [5.74, 6) is 0.783. The Kier molecular flexibility index (Phi) is 6.41. The number of rotatable bonds is 7. The summed E-state index contributed by atoms with van der Waals surface area (Å²) in [7, 11) is 0. The predicted octanol–water partition coefficient (Wildman–Crippen LogP) is 3.60. The van der Waals surface area contributed by atoms with Crippen molar-refractivity contribution < 1.29 is 4.79 Å². The fourth-order valence-corrected chi connectivity index (χ4v) is 3.95. The lowest BCUT2D eigenvalue weighted by atomic mass is 10.00. The topological polar surface area (TPSA) is 47.6 Å². The Labute approximate surface area is 158 Å². The number of urea groups is 1. The molecule has 2 saturated heterocycles. The molecule has 0 aromatic heterocycles. The maximum absolute atomic E-state index is 11.9. The second-order valence-electron chi connectivity index (χ2n) is 8.20. The highest BCUT2D eigenvalue weighted by Crippen LogP contribution is 2.26. The fourth-order valence-electron chi connectivity index (χ4n) is 3.95. The average molecular weight is 359 g/mol. The summed E-state index contributed by atoms with van der Waals surface area (Å²) < 4.78 is 0. The van der Waals surface area contributed by atoms with Crippen LogP contribution in [0.25, 0.3) is 0 Å². The molecule has 0 spiro atoms. The summed E-state index contributed by atoms with van der Waals surface area (Å²) in [6.45, 7) is 10.5. The van der Waals surface area contributed by atoms with Crippen molar-refractivity contribution in [2.45, 2.75) is 58.5 Å². The maximum Gasteiger partial charge on any atom is 0.321 e. The first kappa shape index (κ1) is 19.0. The van der Waals surface area contributed by atoms with Crippen molar-refractivity contribution >= 4 is 17.4 Å². The molecule has 2 fully saturated rings. The number of benzene rings is 1. The van der Waals surface area contributed by atoms with Gasteiger partial charge in [0.15, 0.2) is 0 Å². The van der Waals surface area contributed by atoms with Crippen LogP contribution in [0.4, 0.5) is 16.2 Å². The van der Waals surface area contributed by atoms with Crippen LogP contribution in [0.5, 0.6) is 0 Å². The first-order valence-electron chi connectivity index (χ1n) is 10.2. The third-order valence-corrected chi connectivity index (χ3v) is 5.56. The van der Waals surface area contributed by atoms with E-state index in [4.69, 9.17) is 0 Å². The molecule has 144 valence electrons. The molecule has 0 saturated carbocycles. The predicted molar refractivity (Wildman–Crippen MR) is 109 cm³/mol. The van der Waals surface area contributed by atoms with Gasteiger partial charge in [-0.25, -0.2) is 4.79 Å². The zero-order valence-corrected chi connectivity index (χ0v) is 16.5. The van der Waals surface area contributed by atoms with E-state index in [2.05, 4.69) is 54.5 Å². The summed E-state index contributed by atoms with van der Waals surface area (Å²) in [5, 5.41) is 6.69. The van der Waals surface area contributed by atoms with Crippen LogP contribution in [-0.4, -0.2) is 44.3 Å². The van der Waals surface area contributed by atoms with E-state index in [9.17, 15) is 4.79 Å². The summed E-state index contributed by atoms with van der Waals surface area (Å²) in [4.78, 5) is 16.2. The molecular formula is C21H34N4O. The van der Waals surface area contributed by atoms with Gasteiger partial charge in [0, 0.05) is 49.6 Å². The minimum absolute atomic E-state index is 0.0143. The molecular weight excluding hydrogens is 324 g/mol. The smallest absolute Gasteiger partial charge is 0.321 e. The van der Waals surface area contributed by atoms with Gasteiger partial charge in [-0.3, -0.25) is 4.90 Å². The van der Waals surface area contributed by atoms with Gasteiger partial charge in [0.25, 0.3) is 0 Å². The van der Waals surface area contributed by atoms with Gasteiger partial charge < -0.3 is 15.5 Å². The Bertz CT molecular complexity index is 595. The first-order valence-corrected chi connectivity index (χ1v) is 10.2. The van der Waals surface area contributed by atoms with Crippen molar-refractivity contribution in [3.63, 3.8) is 0 Å². The van der Waals surface area contributed by atoms with Crippen LogP contribution in [0.1, 0.15) is 46.5 Å². The van der Waals surface area contributed by atoms with Crippen molar-refractivity contribution in [1.82, 2.24) is 10.6 Å². The lowest BCUT2D eigenvalue weighted by Crippen LogP contribution is -2.45. The molecule has 0 bridgehead atoms. The second kappa shape index (κ2) is 8.76. The largest absolute Gasteiger partial charge is 0.371 e. The third kappa shape index (κ3) is 4.91. The van der Waals surface area contributed by atoms with Gasteiger partial charge in [0.05, 0.1) is 0 Å². The third-order valence-electron chi connectivity index (χ3n) is 5.56. The van der Waals surface area contributed by atoms with Gasteiger partial charge >= 0.3 is 6.03 Å². The minimum Gasteiger partial charge on any atom is -0.371 e. The Morgan fingerprint density at radius 1 is 1.12 bits per heavy atom. The standard InChI is InChI=1S/C21H34N4O/c1-16(2)7-8-17(3)23-18-9-12-24(13-10-18)19-5-4-6-20(15-19)25-14-11-22-21(25)26/h4-6,15-18,23H,7-14H2,1-3H3,(H,22,26). The van der Waals surface area contributed by atoms with E-state index in [1.54, 1.807) is 0 Å². The van der Waals surface area contributed by atoms with Crippen molar-refractivity contribution in [2.75, 3.05) is 36.0 Å². The van der Waals surface area contributed by atoms with Gasteiger partial charge in [0.2, 0.25) is 0 Å². The molecule has 5 heteroatoms. The number of hydrogen-bond acceptors (Lipinski definition) is 3. The molecule has 1 aromatic rings. The molecule has 2 aliphatic heterocycles. The average Bonchev–Trinajstić information content (AvgIpc) is 3.07. The van der Waals surface area contributed by atoms with Crippen molar-refractivity contribution in [3.8, 4) is 0 Å². The number of nitrogens with zero attached hydrogens (tertiary/aromatic N) is 2. The van der Waals surface area contributed by atoms with E-state index in [0.29, 0.717) is 12.1 Å². The summed E-state index contributed by atoms with van der Waals surface area (Å²) in [6.07, 6.45) is 4.92. The van der Waals surface area contributed by atoms with E-state index >= 15 is 0 Å². The van der Waals surface area contributed by atoms with E-state index in [1.807, 2.05) is 11.0 Å². The SMILES string of the molecule is CC(C)CCC(C)NC1CCN(c2cccc(N3CCNC3=O)c2)CC1. The minimum atomic E-state index is 0.0143. The Balaban J connectivity index is 1.51. The number of piperidine rings is 1. The van der Waals surface area contributed by atoms with Crippen LogP contribution in [0.15, 0.2) is 24.3 Å². The molecule has 1 unspecified atom stereocenters. The van der Waals surface area contributed by atoms with Crippen molar-refractivity contribution in [1.29, 1.82) is 0 Å². The number of hydrogen-bond donors (Lipinski definition) is 2. The van der Waals surface area contributed by atoms with Crippen LogP contribution in [0.2, 0.25) is 0 Å². The maximum atomic E-state index is 11.9. The Hall–Kier alpha value is -1.75. The normalized spacial score (nSPS) is 19.9. The number of anilines is 2. The lowest BCUT2D eigenvalue weighted by Gasteiger charge is -2.35. The van der Waals surface area contributed by atoms with Crippen molar-refractivity contribution in [2.24, 2.45) is 5.92 Å². The summed E-state index contributed by atoms with van der Waals surface area (Å²) in [5.41, 5.74) is 2.23. The van der Waals surface area contributed by atoms with Crippen LogP contribution in [-0.2, 0) is 0 Å². The number of nitrogens with one attached hydrogen (secondary N) is 2. The Morgan fingerprint density at radius 3 is 2.50 bits per heavy atom. The van der Waals surface area contributed by atoms with E-state index < -0.39 is 0 Å². The van der Waals surface area contributed by atoms with Gasteiger partial charge in [-0.1, -0.05) is 19.9 Å². The number of amides is 2. The van der Waals surface area contributed by atoms with Crippen LogP contribution in [0, 0.1) is 5.92 Å². The lowest BCUT2D eigenvalue weighted by molar-refractivity contribution is 0.252. The monoisotopic (exact) mass is 358 g/mol. The number of carbonyl (C=O) groups is 1. The summed E-state index contributed by atoms with van der Waals surface area (Å²) in [6, 6.07) is 9.65. The molecule has 1 atom stereocenters. The fraction of sp³-hybridized carbons (Fsp3) is 0.667. The first-order chi connectivity index (χ1) is 12.5. The van der Waals surface area contributed by atoms with Crippen molar-refractivity contribution in [3.05, 3.63) is 24.3 Å². The quantitative estimate of drug-likeness (QED) is 0.783. The van der Waals surface area contributed by atoms with Gasteiger partial charge in [0.1, 0.15) is 0 Å². The molecule has 26 heavy (non-hydrogen) atoms. The zero-order chi connectivity index (χ0) is 18.5. The Morgan fingerprint density at radius 2 is 1.85 bits per heavy atom. The van der Waals surface area contributed by atoms with E-state index in [0.717, 1.165) is 37.8 Å².